The summed E-state index contributed by atoms with van der Waals surface area (Å²) in [4.78, 5) is 10.2. The molecule has 0 unspecified atom stereocenters. The van der Waals surface area contributed by atoms with Gasteiger partial charge in [0.15, 0.2) is 6.01 Å². The molecule has 1 aromatic carbocycles. The predicted octanol–water partition coefficient (Wildman–Crippen LogP) is 1.01. The van der Waals surface area contributed by atoms with Crippen LogP contribution in [-0.4, -0.2) is 25.5 Å². The fourth-order valence-electron chi connectivity index (χ4n) is 1.05. The van der Waals surface area contributed by atoms with E-state index in [9.17, 15) is 17.6 Å². The van der Waals surface area contributed by atoms with Gasteiger partial charge in [0.25, 0.3) is 0 Å². The maximum absolute atomic E-state index is 12.1. The van der Waals surface area contributed by atoms with Gasteiger partial charge in [-0.05, 0) is 17.7 Å². The summed E-state index contributed by atoms with van der Waals surface area (Å²) in [6.07, 6.45) is -0.185. The lowest BCUT2D eigenvalue weighted by Crippen LogP contribution is -2.04. The molecule has 0 atom stereocenters. The lowest BCUT2D eigenvalue weighted by Gasteiger charge is -2.01. The fraction of sp³-hybridized carbons (Fsp3) is 0.222. The van der Waals surface area contributed by atoms with Crippen LogP contribution in [0.2, 0.25) is 0 Å². The Morgan fingerprint density at radius 1 is 1.27 bits per heavy atom. The van der Waals surface area contributed by atoms with Crippen LogP contribution in [0.4, 0.5) is 4.39 Å². The van der Waals surface area contributed by atoms with E-state index in [0.717, 1.165) is 0 Å². The Hall–Kier alpha value is -1.43. The first-order chi connectivity index (χ1) is 6.95. The second-order valence-corrected chi connectivity index (χ2v) is 4.86. The lowest BCUT2D eigenvalue weighted by molar-refractivity contribution is -0.136. The Bertz CT molecular complexity index is 450. The Morgan fingerprint density at radius 3 is 2.20 bits per heavy atom. The monoisotopic (exact) mass is 232 g/mol. The molecule has 0 spiro atoms. The van der Waals surface area contributed by atoms with Crippen molar-refractivity contribution in [1.82, 2.24) is 0 Å². The molecule has 0 heterocycles. The summed E-state index contributed by atoms with van der Waals surface area (Å²) in [6.45, 7) is 0. The molecule has 15 heavy (non-hydrogen) atoms. The molecule has 0 aliphatic carbocycles. The van der Waals surface area contributed by atoms with E-state index in [2.05, 4.69) is 0 Å². The molecule has 0 aromatic heterocycles. The third-order valence-corrected chi connectivity index (χ3v) is 3.06. The van der Waals surface area contributed by atoms with E-state index in [1.807, 2.05) is 0 Å². The zero-order valence-electron chi connectivity index (χ0n) is 7.68. The average Bonchev–Trinajstić information content (AvgIpc) is 2.18. The van der Waals surface area contributed by atoms with E-state index in [1.165, 1.54) is 24.3 Å². The van der Waals surface area contributed by atoms with Crippen LogP contribution in [0, 0.1) is 0 Å². The van der Waals surface area contributed by atoms with Crippen molar-refractivity contribution < 1.29 is 22.7 Å². The van der Waals surface area contributed by atoms with Gasteiger partial charge in [-0.15, -0.1) is 0 Å². The van der Waals surface area contributed by atoms with E-state index in [-0.39, 0.29) is 11.3 Å². The minimum Gasteiger partial charge on any atom is -0.481 e. The van der Waals surface area contributed by atoms with Crippen LogP contribution in [0.15, 0.2) is 29.2 Å². The minimum absolute atomic E-state index is 0.140. The number of sulfone groups is 1. The third kappa shape index (κ3) is 3.02. The zero-order valence-corrected chi connectivity index (χ0v) is 8.50. The Labute approximate surface area is 86.3 Å². The average molecular weight is 232 g/mol. The second kappa shape index (κ2) is 4.39. The first-order valence-corrected chi connectivity index (χ1v) is 5.70. The Balaban J connectivity index is 2.95. The molecule has 0 aliphatic rings. The molecule has 1 rings (SSSR count). The Kier molecular flexibility index (Phi) is 3.41. The van der Waals surface area contributed by atoms with Gasteiger partial charge in [0.1, 0.15) is 0 Å². The number of carboxylic acids is 1. The maximum Gasteiger partial charge on any atom is 0.307 e. The van der Waals surface area contributed by atoms with Gasteiger partial charge in [0, 0.05) is 0 Å². The van der Waals surface area contributed by atoms with Crippen LogP contribution >= 0.6 is 0 Å². The summed E-state index contributed by atoms with van der Waals surface area (Å²) >= 11 is 0. The van der Waals surface area contributed by atoms with Crippen molar-refractivity contribution in [3.8, 4) is 0 Å². The summed E-state index contributed by atoms with van der Waals surface area (Å²) in [6, 6.07) is 3.67. The van der Waals surface area contributed by atoms with Crippen molar-refractivity contribution in [2.24, 2.45) is 0 Å². The number of carboxylic acid groups (broad SMARTS) is 1. The quantitative estimate of drug-likeness (QED) is 0.841. The van der Waals surface area contributed by atoms with Crippen molar-refractivity contribution in [3.63, 3.8) is 0 Å². The topological polar surface area (TPSA) is 71.4 Å². The van der Waals surface area contributed by atoms with Gasteiger partial charge < -0.3 is 5.11 Å². The van der Waals surface area contributed by atoms with Gasteiger partial charge in [-0.1, -0.05) is 12.1 Å². The highest BCUT2D eigenvalue weighted by Gasteiger charge is 2.13. The highest BCUT2D eigenvalue weighted by Crippen LogP contribution is 2.13. The first-order valence-electron chi connectivity index (χ1n) is 4.05. The SMILES string of the molecule is O=C(O)Cc1ccc(S(=O)(=O)CF)cc1. The molecule has 0 aliphatic heterocycles. The summed E-state index contributed by atoms with van der Waals surface area (Å²) in [5.41, 5.74) is 0.473. The number of carbonyl (C=O) groups is 1. The largest absolute Gasteiger partial charge is 0.481 e. The van der Waals surface area contributed by atoms with Gasteiger partial charge in [0.2, 0.25) is 9.84 Å². The highest BCUT2D eigenvalue weighted by atomic mass is 32.2. The van der Waals surface area contributed by atoms with Crippen molar-refractivity contribution in [2.45, 2.75) is 11.3 Å². The number of alkyl halides is 1. The summed E-state index contributed by atoms with van der Waals surface area (Å²) < 4.78 is 34.2. The zero-order chi connectivity index (χ0) is 11.5. The minimum atomic E-state index is -3.86. The number of hydrogen-bond donors (Lipinski definition) is 1. The number of benzene rings is 1. The Morgan fingerprint density at radius 2 is 1.80 bits per heavy atom. The molecule has 0 bridgehead atoms. The van der Waals surface area contributed by atoms with Crippen molar-refractivity contribution in [2.75, 3.05) is 6.01 Å². The predicted molar refractivity (Wildman–Crippen MR) is 50.9 cm³/mol. The number of rotatable bonds is 4. The standard InChI is InChI=1S/C9H9FO4S/c10-6-15(13,14)8-3-1-7(2-4-8)5-9(11)12/h1-4H,5-6H2,(H,11,12). The molecule has 0 saturated carbocycles. The van der Waals surface area contributed by atoms with Crippen LogP contribution in [-0.2, 0) is 21.1 Å². The molecule has 1 N–H and O–H groups in total. The van der Waals surface area contributed by atoms with E-state index < -0.39 is 21.8 Å². The molecule has 4 nitrogen and oxygen atoms in total. The molecule has 1 aromatic rings. The number of aliphatic carboxylic acids is 1. The molecule has 0 radical (unpaired) electrons. The van der Waals surface area contributed by atoms with Crippen LogP contribution < -0.4 is 0 Å². The summed E-state index contributed by atoms with van der Waals surface area (Å²) in [5.74, 6) is -1.00. The normalized spacial score (nSPS) is 11.3. The lowest BCUT2D eigenvalue weighted by atomic mass is 10.2. The number of hydrogen-bond acceptors (Lipinski definition) is 3. The molecule has 0 saturated heterocycles. The van der Waals surface area contributed by atoms with Gasteiger partial charge in [-0.25, -0.2) is 12.8 Å². The first kappa shape index (κ1) is 11.6. The molecule has 0 fully saturated rings. The summed E-state index contributed by atoms with van der Waals surface area (Å²) in [5, 5.41) is 8.46. The van der Waals surface area contributed by atoms with Crippen LogP contribution in [0.25, 0.3) is 0 Å². The van der Waals surface area contributed by atoms with Crippen molar-refractivity contribution in [3.05, 3.63) is 29.8 Å². The van der Waals surface area contributed by atoms with Crippen LogP contribution in [0.5, 0.6) is 0 Å². The number of halogens is 1. The molecule has 6 heteroatoms. The summed E-state index contributed by atoms with van der Waals surface area (Å²) in [7, 11) is -3.86. The highest BCUT2D eigenvalue weighted by molar-refractivity contribution is 7.91. The fourth-order valence-corrected chi connectivity index (χ4v) is 1.73. The second-order valence-electron chi connectivity index (χ2n) is 2.94. The molecule has 82 valence electrons. The smallest absolute Gasteiger partial charge is 0.307 e. The van der Waals surface area contributed by atoms with E-state index in [0.29, 0.717) is 5.56 Å². The van der Waals surface area contributed by atoms with Crippen molar-refractivity contribution >= 4 is 15.8 Å². The van der Waals surface area contributed by atoms with Gasteiger partial charge in [-0.2, -0.15) is 0 Å². The third-order valence-electron chi connectivity index (χ3n) is 1.78. The van der Waals surface area contributed by atoms with E-state index >= 15 is 0 Å². The van der Waals surface area contributed by atoms with Crippen LogP contribution in [0.1, 0.15) is 5.56 Å². The van der Waals surface area contributed by atoms with E-state index in [4.69, 9.17) is 5.11 Å². The van der Waals surface area contributed by atoms with Gasteiger partial charge >= 0.3 is 5.97 Å². The van der Waals surface area contributed by atoms with Gasteiger partial charge in [-0.3, -0.25) is 4.79 Å². The van der Waals surface area contributed by atoms with Gasteiger partial charge in [0.05, 0.1) is 11.3 Å². The molecule has 0 amide bonds. The molecular weight excluding hydrogens is 223 g/mol. The molecular formula is C9H9FO4S. The van der Waals surface area contributed by atoms with E-state index in [1.54, 1.807) is 0 Å². The maximum atomic E-state index is 12.1. The van der Waals surface area contributed by atoms with Crippen LogP contribution in [0.3, 0.4) is 0 Å². The van der Waals surface area contributed by atoms with Crippen molar-refractivity contribution in [1.29, 1.82) is 0 Å².